The molecule has 122 valence electrons. The molecular weight excluding hydrogens is 302 g/mol. The molecule has 0 aliphatic carbocycles. The van der Waals surface area contributed by atoms with Gasteiger partial charge in [0.15, 0.2) is 11.6 Å². The molecule has 1 aliphatic heterocycles. The van der Waals surface area contributed by atoms with Crippen LogP contribution in [-0.4, -0.2) is 35.6 Å². The van der Waals surface area contributed by atoms with Crippen molar-refractivity contribution in [3.63, 3.8) is 0 Å². The fraction of sp³-hybridized carbons (Fsp3) is 0.375. The van der Waals surface area contributed by atoms with E-state index in [2.05, 4.69) is 27.1 Å². The molecule has 0 spiro atoms. The number of ether oxygens (including phenoxy) is 1. The molecule has 2 aromatic rings. The highest BCUT2D eigenvalue weighted by atomic mass is 19.2. The third kappa shape index (κ3) is 3.56. The molecule has 0 amide bonds. The summed E-state index contributed by atoms with van der Waals surface area (Å²) in [5, 5.41) is 3.31. The number of halogens is 2. The molecule has 1 aromatic carbocycles. The van der Waals surface area contributed by atoms with Gasteiger partial charge in [-0.1, -0.05) is 12.1 Å². The first-order valence-corrected chi connectivity index (χ1v) is 7.51. The second-order valence-corrected chi connectivity index (χ2v) is 5.45. The summed E-state index contributed by atoms with van der Waals surface area (Å²) in [4.78, 5) is 10.6. The summed E-state index contributed by atoms with van der Waals surface area (Å²) in [5.74, 6) is -1.03. The summed E-state index contributed by atoms with van der Waals surface area (Å²) >= 11 is 0. The van der Waals surface area contributed by atoms with Gasteiger partial charge in [0, 0.05) is 37.4 Å². The Morgan fingerprint density at radius 3 is 3.04 bits per heavy atom. The molecule has 23 heavy (non-hydrogen) atoms. The van der Waals surface area contributed by atoms with Gasteiger partial charge in [0.1, 0.15) is 12.4 Å². The van der Waals surface area contributed by atoms with Crippen LogP contribution in [0.4, 0.5) is 14.6 Å². The van der Waals surface area contributed by atoms with E-state index in [9.17, 15) is 8.78 Å². The molecule has 0 saturated carbocycles. The third-order valence-electron chi connectivity index (χ3n) is 3.80. The van der Waals surface area contributed by atoms with Crippen molar-refractivity contribution in [1.29, 1.82) is 0 Å². The Kier molecular flexibility index (Phi) is 4.66. The normalized spacial score (nSPS) is 18.0. The van der Waals surface area contributed by atoms with Gasteiger partial charge in [0.25, 0.3) is 0 Å². The van der Waals surface area contributed by atoms with Gasteiger partial charge in [-0.2, -0.15) is 4.98 Å². The van der Waals surface area contributed by atoms with Crippen molar-refractivity contribution < 1.29 is 13.5 Å². The van der Waals surface area contributed by atoms with Crippen molar-refractivity contribution in [3.05, 3.63) is 47.7 Å². The number of nitrogens with one attached hydrogen (secondary N) is 1. The zero-order valence-electron chi connectivity index (χ0n) is 12.8. The van der Waals surface area contributed by atoms with Crippen molar-refractivity contribution in [1.82, 2.24) is 15.3 Å². The topological polar surface area (TPSA) is 50.3 Å². The molecule has 7 heteroatoms. The number of hydrogen-bond donors (Lipinski definition) is 1. The van der Waals surface area contributed by atoms with Gasteiger partial charge in [-0.15, -0.1) is 0 Å². The van der Waals surface area contributed by atoms with Gasteiger partial charge in [0.05, 0.1) is 0 Å². The Bertz CT molecular complexity index is 683. The first-order valence-electron chi connectivity index (χ1n) is 7.51. The molecule has 0 unspecified atom stereocenters. The van der Waals surface area contributed by atoms with Gasteiger partial charge in [-0.3, -0.25) is 0 Å². The molecule has 2 heterocycles. The van der Waals surface area contributed by atoms with Crippen molar-refractivity contribution in [2.45, 2.75) is 19.6 Å². The van der Waals surface area contributed by atoms with E-state index in [1.807, 2.05) is 6.07 Å². The average molecular weight is 320 g/mol. The molecule has 1 fully saturated rings. The van der Waals surface area contributed by atoms with Crippen LogP contribution < -0.4 is 15.0 Å². The lowest BCUT2D eigenvalue weighted by atomic mass is 10.2. The third-order valence-corrected chi connectivity index (χ3v) is 3.80. The number of aromatic nitrogens is 2. The molecular formula is C16H18F2N4O. The highest BCUT2D eigenvalue weighted by Gasteiger charge is 2.20. The fourth-order valence-electron chi connectivity index (χ4n) is 2.54. The maximum absolute atomic E-state index is 13.6. The van der Waals surface area contributed by atoms with Gasteiger partial charge >= 0.3 is 6.01 Å². The first-order chi connectivity index (χ1) is 11.1. The molecule has 1 aliphatic rings. The predicted octanol–water partition coefficient (Wildman–Crippen LogP) is 2.13. The average Bonchev–Trinajstić information content (AvgIpc) is 2.57. The number of rotatable bonds is 4. The molecule has 3 rings (SSSR count). The van der Waals surface area contributed by atoms with Crippen LogP contribution in [0.1, 0.15) is 12.5 Å². The lowest BCUT2D eigenvalue weighted by Gasteiger charge is -2.34. The highest BCUT2D eigenvalue weighted by molar-refractivity contribution is 5.40. The number of hydrogen-bond acceptors (Lipinski definition) is 5. The van der Waals surface area contributed by atoms with Crippen LogP contribution >= 0.6 is 0 Å². The van der Waals surface area contributed by atoms with E-state index in [0.29, 0.717) is 6.04 Å². The van der Waals surface area contributed by atoms with E-state index in [-0.39, 0.29) is 18.2 Å². The van der Waals surface area contributed by atoms with Crippen LogP contribution in [0.5, 0.6) is 6.01 Å². The molecule has 1 atom stereocenters. The summed E-state index contributed by atoms with van der Waals surface area (Å²) in [6.45, 7) is 4.60. The van der Waals surface area contributed by atoms with E-state index < -0.39 is 11.6 Å². The molecule has 0 radical (unpaired) electrons. The maximum Gasteiger partial charge on any atom is 0.318 e. The van der Waals surface area contributed by atoms with Crippen molar-refractivity contribution in [2.24, 2.45) is 0 Å². The van der Waals surface area contributed by atoms with Crippen LogP contribution in [0, 0.1) is 11.6 Å². The van der Waals surface area contributed by atoms with Crippen LogP contribution in [0.2, 0.25) is 0 Å². The summed E-state index contributed by atoms with van der Waals surface area (Å²) in [6, 6.07) is 6.26. The summed E-state index contributed by atoms with van der Waals surface area (Å²) in [6.07, 6.45) is 1.61. The SMILES string of the molecule is C[C@@H]1CNCCN1c1ccnc(OCc2cccc(F)c2F)n1. The number of piperazine rings is 1. The van der Waals surface area contributed by atoms with Crippen LogP contribution in [0.15, 0.2) is 30.5 Å². The standard InChI is InChI=1S/C16H18F2N4O/c1-11-9-19-7-8-22(11)14-5-6-20-16(21-14)23-10-12-3-2-4-13(17)15(12)18/h2-6,11,19H,7-10H2,1H3/t11-/m1/s1. The minimum absolute atomic E-state index is 0.121. The Hall–Kier alpha value is -2.28. The quantitative estimate of drug-likeness (QED) is 0.935. The largest absolute Gasteiger partial charge is 0.458 e. The van der Waals surface area contributed by atoms with Crippen LogP contribution in [0.25, 0.3) is 0 Å². The molecule has 0 bridgehead atoms. The highest BCUT2D eigenvalue weighted by Crippen LogP contribution is 2.18. The summed E-state index contributed by atoms with van der Waals surface area (Å²) in [5.41, 5.74) is 0.134. The van der Waals surface area contributed by atoms with Crippen molar-refractivity contribution in [3.8, 4) is 6.01 Å². The van der Waals surface area contributed by atoms with Gasteiger partial charge in [-0.05, 0) is 19.1 Å². The zero-order valence-corrected chi connectivity index (χ0v) is 12.8. The number of nitrogens with zero attached hydrogens (tertiary/aromatic N) is 3. The van der Waals surface area contributed by atoms with Crippen molar-refractivity contribution in [2.75, 3.05) is 24.5 Å². The minimum atomic E-state index is -0.903. The van der Waals surface area contributed by atoms with Gasteiger partial charge < -0.3 is 15.0 Å². The van der Waals surface area contributed by atoms with Crippen LogP contribution in [-0.2, 0) is 6.61 Å². The summed E-state index contributed by atoms with van der Waals surface area (Å²) in [7, 11) is 0. The zero-order chi connectivity index (χ0) is 16.2. The number of anilines is 1. The van der Waals surface area contributed by atoms with Gasteiger partial charge in [-0.25, -0.2) is 13.8 Å². The maximum atomic E-state index is 13.6. The number of benzene rings is 1. The Labute approximate surface area is 133 Å². The smallest absolute Gasteiger partial charge is 0.318 e. The second-order valence-electron chi connectivity index (χ2n) is 5.45. The molecule has 5 nitrogen and oxygen atoms in total. The predicted molar refractivity (Wildman–Crippen MR) is 82.4 cm³/mol. The second kappa shape index (κ2) is 6.87. The Balaban J connectivity index is 1.71. The van der Waals surface area contributed by atoms with E-state index in [1.165, 1.54) is 12.1 Å². The van der Waals surface area contributed by atoms with Gasteiger partial charge in [0.2, 0.25) is 0 Å². The summed E-state index contributed by atoms with van der Waals surface area (Å²) < 4.78 is 32.2. The Morgan fingerprint density at radius 2 is 2.22 bits per heavy atom. The van der Waals surface area contributed by atoms with E-state index in [0.717, 1.165) is 31.5 Å². The lowest BCUT2D eigenvalue weighted by molar-refractivity contribution is 0.273. The monoisotopic (exact) mass is 320 g/mol. The van der Waals surface area contributed by atoms with E-state index in [4.69, 9.17) is 4.74 Å². The first kappa shape index (κ1) is 15.6. The van der Waals surface area contributed by atoms with E-state index >= 15 is 0 Å². The van der Waals surface area contributed by atoms with E-state index in [1.54, 1.807) is 6.20 Å². The molecule has 1 N–H and O–H groups in total. The minimum Gasteiger partial charge on any atom is -0.458 e. The van der Waals surface area contributed by atoms with Crippen LogP contribution in [0.3, 0.4) is 0 Å². The Morgan fingerprint density at radius 1 is 1.35 bits per heavy atom. The van der Waals surface area contributed by atoms with Crippen molar-refractivity contribution >= 4 is 5.82 Å². The molecule has 1 aromatic heterocycles. The fourth-order valence-corrected chi connectivity index (χ4v) is 2.54. The lowest BCUT2D eigenvalue weighted by Crippen LogP contribution is -2.50. The molecule has 1 saturated heterocycles.